The minimum Gasteiger partial charge on any atom is -0.458 e. The van der Waals surface area contributed by atoms with Gasteiger partial charge in [-0.2, -0.15) is 0 Å². The molecule has 0 spiro atoms. The van der Waals surface area contributed by atoms with Gasteiger partial charge in [0.05, 0.1) is 0 Å². The van der Waals surface area contributed by atoms with E-state index in [0.717, 1.165) is 17.1 Å². The van der Waals surface area contributed by atoms with Crippen molar-refractivity contribution in [2.45, 2.75) is 26.7 Å². The summed E-state index contributed by atoms with van der Waals surface area (Å²) in [6, 6.07) is 14.4. The molecule has 2 aromatic rings. The molecule has 92 valence electrons. The van der Waals surface area contributed by atoms with Crippen molar-refractivity contribution in [1.29, 1.82) is 0 Å². The molecule has 0 bridgehead atoms. The standard InChI is InChI=1S/C16H19BO/c1-11(2)13-8-6-10-15(16(13)17)18-14-9-5-4-7-12(14)3/h4-11H,17H2,1-3H3. The molecule has 0 atom stereocenters. The summed E-state index contributed by atoms with van der Waals surface area (Å²) in [5, 5.41) is 0. The van der Waals surface area contributed by atoms with E-state index >= 15 is 0 Å². The first-order valence-electron chi connectivity index (χ1n) is 6.42. The minimum absolute atomic E-state index is 0.519. The number of hydrogen-bond donors (Lipinski definition) is 0. The fourth-order valence-corrected chi connectivity index (χ4v) is 2.16. The second-order valence-electron chi connectivity index (χ2n) is 4.99. The highest BCUT2D eigenvalue weighted by atomic mass is 16.5. The van der Waals surface area contributed by atoms with E-state index in [0.29, 0.717) is 5.92 Å². The smallest absolute Gasteiger partial charge is 0.144 e. The maximum atomic E-state index is 6.03. The van der Waals surface area contributed by atoms with Gasteiger partial charge in [0.25, 0.3) is 0 Å². The van der Waals surface area contributed by atoms with Crippen molar-refractivity contribution < 1.29 is 4.74 Å². The molecular formula is C16H19BO. The Labute approximate surface area is 110 Å². The summed E-state index contributed by atoms with van der Waals surface area (Å²) in [4.78, 5) is 0. The lowest BCUT2D eigenvalue weighted by Crippen LogP contribution is -2.14. The van der Waals surface area contributed by atoms with Gasteiger partial charge < -0.3 is 4.74 Å². The third-order valence-corrected chi connectivity index (χ3v) is 3.26. The summed E-state index contributed by atoms with van der Waals surface area (Å²) < 4.78 is 6.03. The SMILES string of the molecule is Bc1c(Oc2ccccc2C)cccc1C(C)C. The molecule has 0 aliphatic heterocycles. The molecule has 0 aliphatic carbocycles. The Morgan fingerprint density at radius 2 is 1.61 bits per heavy atom. The van der Waals surface area contributed by atoms with Crippen LogP contribution in [0, 0.1) is 6.92 Å². The molecule has 2 aromatic carbocycles. The maximum Gasteiger partial charge on any atom is 0.144 e. The summed E-state index contributed by atoms with van der Waals surface area (Å²) in [5.74, 6) is 2.41. The molecule has 0 saturated carbocycles. The van der Waals surface area contributed by atoms with Crippen molar-refractivity contribution in [3.8, 4) is 11.5 Å². The van der Waals surface area contributed by atoms with E-state index < -0.39 is 0 Å². The Balaban J connectivity index is 2.36. The second-order valence-corrected chi connectivity index (χ2v) is 4.99. The van der Waals surface area contributed by atoms with Crippen LogP contribution in [-0.2, 0) is 0 Å². The highest BCUT2D eigenvalue weighted by Gasteiger charge is 2.09. The summed E-state index contributed by atoms with van der Waals surface area (Å²) in [5.41, 5.74) is 3.74. The van der Waals surface area contributed by atoms with Gasteiger partial charge in [-0.1, -0.05) is 44.2 Å². The summed E-state index contributed by atoms with van der Waals surface area (Å²) >= 11 is 0. The Morgan fingerprint density at radius 1 is 0.944 bits per heavy atom. The molecular weight excluding hydrogens is 219 g/mol. The van der Waals surface area contributed by atoms with Gasteiger partial charge in [0.2, 0.25) is 0 Å². The summed E-state index contributed by atoms with van der Waals surface area (Å²) in [7, 11) is 2.13. The van der Waals surface area contributed by atoms with Crippen LogP contribution in [0.1, 0.15) is 30.9 Å². The predicted molar refractivity (Wildman–Crippen MR) is 80.0 cm³/mol. The van der Waals surface area contributed by atoms with Crippen LogP contribution in [0.4, 0.5) is 0 Å². The van der Waals surface area contributed by atoms with E-state index in [4.69, 9.17) is 4.74 Å². The van der Waals surface area contributed by atoms with Crippen LogP contribution in [0.25, 0.3) is 0 Å². The normalized spacial score (nSPS) is 10.7. The van der Waals surface area contributed by atoms with E-state index in [1.807, 2.05) is 24.3 Å². The lowest BCUT2D eigenvalue weighted by molar-refractivity contribution is 0.482. The molecule has 2 rings (SSSR count). The zero-order valence-corrected chi connectivity index (χ0v) is 11.5. The Kier molecular flexibility index (Phi) is 3.76. The third-order valence-electron chi connectivity index (χ3n) is 3.26. The molecule has 0 N–H and O–H groups in total. The van der Waals surface area contributed by atoms with Gasteiger partial charge >= 0.3 is 0 Å². The number of para-hydroxylation sites is 1. The van der Waals surface area contributed by atoms with Crippen molar-refractivity contribution in [2.24, 2.45) is 0 Å². The van der Waals surface area contributed by atoms with Gasteiger partial charge in [-0.3, -0.25) is 0 Å². The largest absolute Gasteiger partial charge is 0.458 e. The molecule has 0 heterocycles. The van der Waals surface area contributed by atoms with Crippen LogP contribution in [0.15, 0.2) is 42.5 Å². The van der Waals surface area contributed by atoms with Crippen molar-refractivity contribution in [1.82, 2.24) is 0 Å². The Hall–Kier alpha value is -1.70. The van der Waals surface area contributed by atoms with Crippen LogP contribution in [0.2, 0.25) is 0 Å². The van der Waals surface area contributed by atoms with Crippen LogP contribution in [-0.4, -0.2) is 7.85 Å². The van der Waals surface area contributed by atoms with Crippen molar-refractivity contribution in [3.63, 3.8) is 0 Å². The van der Waals surface area contributed by atoms with E-state index in [9.17, 15) is 0 Å². The van der Waals surface area contributed by atoms with E-state index in [2.05, 4.69) is 46.8 Å². The van der Waals surface area contributed by atoms with Crippen molar-refractivity contribution in [3.05, 3.63) is 53.6 Å². The van der Waals surface area contributed by atoms with Gasteiger partial charge in [0.1, 0.15) is 19.3 Å². The second kappa shape index (κ2) is 5.30. The van der Waals surface area contributed by atoms with Gasteiger partial charge in [-0.25, -0.2) is 0 Å². The molecule has 2 heteroatoms. The van der Waals surface area contributed by atoms with E-state index in [1.165, 1.54) is 11.0 Å². The van der Waals surface area contributed by atoms with Crippen LogP contribution >= 0.6 is 0 Å². The lowest BCUT2D eigenvalue weighted by atomic mass is 9.84. The third kappa shape index (κ3) is 2.58. The monoisotopic (exact) mass is 238 g/mol. The molecule has 0 radical (unpaired) electrons. The first-order valence-corrected chi connectivity index (χ1v) is 6.42. The number of hydrogen-bond acceptors (Lipinski definition) is 1. The fraction of sp³-hybridized carbons (Fsp3) is 0.250. The summed E-state index contributed by atoms with van der Waals surface area (Å²) in [6.07, 6.45) is 0. The van der Waals surface area contributed by atoms with E-state index in [1.54, 1.807) is 0 Å². The van der Waals surface area contributed by atoms with Gasteiger partial charge in [0.15, 0.2) is 0 Å². The molecule has 0 saturated heterocycles. The predicted octanol–water partition coefficient (Wildman–Crippen LogP) is 3.17. The van der Waals surface area contributed by atoms with Crippen LogP contribution < -0.4 is 10.2 Å². The lowest BCUT2D eigenvalue weighted by Gasteiger charge is -2.15. The zero-order chi connectivity index (χ0) is 13.1. The van der Waals surface area contributed by atoms with Crippen molar-refractivity contribution in [2.75, 3.05) is 0 Å². The summed E-state index contributed by atoms with van der Waals surface area (Å²) in [6.45, 7) is 6.48. The van der Waals surface area contributed by atoms with Gasteiger partial charge in [0, 0.05) is 0 Å². The highest BCUT2D eigenvalue weighted by molar-refractivity contribution is 6.35. The van der Waals surface area contributed by atoms with Crippen LogP contribution in [0.5, 0.6) is 11.5 Å². The number of benzene rings is 2. The first-order chi connectivity index (χ1) is 8.59. The highest BCUT2D eigenvalue weighted by Crippen LogP contribution is 2.25. The molecule has 18 heavy (non-hydrogen) atoms. The maximum absolute atomic E-state index is 6.03. The molecule has 0 aliphatic rings. The Bertz CT molecular complexity index is 547. The minimum atomic E-state index is 0.519. The Morgan fingerprint density at radius 3 is 2.28 bits per heavy atom. The average molecular weight is 238 g/mol. The first kappa shape index (κ1) is 12.8. The molecule has 0 aromatic heterocycles. The van der Waals surface area contributed by atoms with Crippen LogP contribution in [0.3, 0.4) is 0 Å². The molecule has 0 amide bonds. The molecule has 0 fully saturated rings. The molecule has 0 unspecified atom stereocenters. The van der Waals surface area contributed by atoms with E-state index in [-0.39, 0.29) is 0 Å². The number of aryl methyl sites for hydroxylation is 1. The zero-order valence-electron chi connectivity index (χ0n) is 11.5. The van der Waals surface area contributed by atoms with Gasteiger partial charge in [-0.15, -0.1) is 0 Å². The average Bonchev–Trinajstić information content (AvgIpc) is 2.34. The fourth-order valence-electron chi connectivity index (χ4n) is 2.16. The molecule has 1 nitrogen and oxygen atoms in total. The quantitative estimate of drug-likeness (QED) is 0.746. The number of ether oxygens (including phenoxy) is 1. The topological polar surface area (TPSA) is 9.23 Å². The number of rotatable bonds is 3. The van der Waals surface area contributed by atoms with Crippen molar-refractivity contribution >= 4 is 13.3 Å². The van der Waals surface area contributed by atoms with Gasteiger partial charge in [-0.05, 0) is 41.6 Å².